The second kappa shape index (κ2) is 6.86. The zero-order chi connectivity index (χ0) is 15.2. The van der Waals surface area contributed by atoms with Crippen molar-refractivity contribution in [1.29, 1.82) is 5.26 Å². The van der Waals surface area contributed by atoms with Crippen molar-refractivity contribution in [3.05, 3.63) is 56.6 Å². The standard InChI is InChI=1S/C15H14N2O3S/c1-17-9-12(4-5-14(17)18)15(19)20-10-11(8-16)7-13-3-2-6-21-13/h2-6,9,11H,7,10H2,1H3/t11-/m1/s1. The highest BCUT2D eigenvalue weighted by molar-refractivity contribution is 7.09. The van der Waals surface area contributed by atoms with E-state index in [0.717, 1.165) is 4.88 Å². The van der Waals surface area contributed by atoms with Gasteiger partial charge >= 0.3 is 5.97 Å². The number of nitrogens with zero attached hydrogens (tertiary/aromatic N) is 2. The summed E-state index contributed by atoms with van der Waals surface area (Å²) in [6, 6.07) is 8.74. The molecule has 0 aliphatic heterocycles. The van der Waals surface area contributed by atoms with E-state index in [9.17, 15) is 9.59 Å². The van der Waals surface area contributed by atoms with Crippen LogP contribution in [0, 0.1) is 17.2 Å². The minimum atomic E-state index is -0.531. The highest BCUT2D eigenvalue weighted by atomic mass is 32.1. The Hall–Kier alpha value is -2.39. The van der Waals surface area contributed by atoms with Crippen molar-refractivity contribution < 1.29 is 9.53 Å². The van der Waals surface area contributed by atoms with Crippen molar-refractivity contribution in [2.24, 2.45) is 13.0 Å². The number of aryl methyl sites for hydroxylation is 1. The van der Waals surface area contributed by atoms with Crippen molar-refractivity contribution in [1.82, 2.24) is 4.57 Å². The van der Waals surface area contributed by atoms with Crippen LogP contribution in [0.2, 0.25) is 0 Å². The van der Waals surface area contributed by atoms with Gasteiger partial charge in [-0.2, -0.15) is 5.26 Å². The number of carbonyl (C=O) groups is 1. The number of hydrogen-bond acceptors (Lipinski definition) is 5. The summed E-state index contributed by atoms with van der Waals surface area (Å²) in [5, 5.41) is 11.1. The Morgan fingerprint density at radius 2 is 2.29 bits per heavy atom. The topological polar surface area (TPSA) is 72.1 Å². The predicted molar refractivity (Wildman–Crippen MR) is 79.1 cm³/mol. The van der Waals surface area contributed by atoms with Crippen molar-refractivity contribution in [2.75, 3.05) is 6.61 Å². The van der Waals surface area contributed by atoms with Gasteiger partial charge in [-0.15, -0.1) is 11.3 Å². The summed E-state index contributed by atoms with van der Waals surface area (Å²) in [6.45, 7) is 0.0378. The van der Waals surface area contributed by atoms with Crippen LogP contribution in [0.15, 0.2) is 40.6 Å². The fraction of sp³-hybridized carbons (Fsp3) is 0.267. The average Bonchev–Trinajstić information content (AvgIpc) is 2.99. The number of pyridine rings is 1. The van der Waals surface area contributed by atoms with Gasteiger partial charge in [0.25, 0.3) is 0 Å². The lowest BCUT2D eigenvalue weighted by Gasteiger charge is -2.09. The van der Waals surface area contributed by atoms with Crippen molar-refractivity contribution in [3.8, 4) is 6.07 Å². The number of rotatable bonds is 5. The molecule has 1 atom stereocenters. The SMILES string of the molecule is Cn1cc(C(=O)OC[C@@H](C#N)Cc2cccs2)ccc1=O. The number of thiophene rings is 1. The van der Waals surface area contributed by atoms with Crippen molar-refractivity contribution in [3.63, 3.8) is 0 Å². The summed E-state index contributed by atoms with van der Waals surface area (Å²) in [4.78, 5) is 24.2. The van der Waals surface area contributed by atoms with Gasteiger partial charge in [0.1, 0.15) is 6.61 Å². The van der Waals surface area contributed by atoms with Gasteiger partial charge in [-0.25, -0.2) is 4.79 Å². The molecular weight excluding hydrogens is 288 g/mol. The Morgan fingerprint density at radius 3 is 2.90 bits per heavy atom. The summed E-state index contributed by atoms with van der Waals surface area (Å²) in [7, 11) is 1.56. The van der Waals surface area contributed by atoms with E-state index >= 15 is 0 Å². The number of carbonyl (C=O) groups excluding carboxylic acids is 1. The number of nitriles is 1. The van der Waals surface area contributed by atoms with Gasteiger partial charge in [-0.05, 0) is 17.5 Å². The molecule has 2 aromatic rings. The van der Waals surface area contributed by atoms with Gasteiger partial charge in [0.2, 0.25) is 5.56 Å². The summed E-state index contributed by atoms with van der Waals surface area (Å²) >= 11 is 1.57. The largest absolute Gasteiger partial charge is 0.461 e. The molecule has 0 amide bonds. The van der Waals surface area contributed by atoms with Gasteiger partial charge in [0.05, 0.1) is 17.6 Å². The Kier molecular flexibility index (Phi) is 4.90. The molecule has 6 heteroatoms. The van der Waals surface area contributed by atoms with E-state index < -0.39 is 5.97 Å². The van der Waals surface area contributed by atoms with Gasteiger partial charge in [-0.3, -0.25) is 4.79 Å². The zero-order valence-electron chi connectivity index (χ0n) is 11.5. The average molecular weight is 302 g/mol. The van der Waals surface area contributed by atoms with E-state index in [4.69, 9.17) is 10.00 Å². The lowest BCUT2D eigenvalue weighted by molar-refractivity contribution is 0.0467. The highest BCUT2D eigenvalue weighted by Crippen LogP contribution is 2.15. The Labute approximate surface area is 126 Å². The van der Waals surface area contributed by atoms with Crippen LogP contribution in [-0.4, -0.2) is 17.1 Å². The van der Waals surface area contributed by atoms with E-state index in [1.54, 1.807) is 18.4 Å². The van der Waals surface area contributed by atoms with Crippen LogP contribution in [0.1, 0.15) is 15.2 Å². The third-order valence-corrected chi connectivity index (χ3v) is 3.85. The Morgan fingerprint density at radius 1 is 1.48 bits per heavy atom. The molecule has 0 N–H and O–H groups in total. The summed E-state index contributed by atoms with van der Waals surface area (Å²) in [5.41, 5.74) is 0.101. The molecule has 2 aromatic heterocycles. The first-order valence-electron chi connectivity index (χ1n) is 6.36. The molecule has 0 spiro atoms. The quantitative estimate of drug-likeness (QED) is 0.792. The van der Waals surface area contributed by atoms with Crippen LogP contribution < -0.4 is 5.56 Å². The van der Waals surface area contributed by atoms with Crippen LogP contribution in [0.4, 0.5) is 0 Å². The third-order valence-electron chi connectivity index (χ3n) is 2.95. The monoisotopic (exact) mass is 302 g/mol. The minimum absolute atomic E-state index is 0.0378. The Balaban J connectivity index is 1.94. The van der Waals surface area contributed by atoms with Gasteiger partial charge in [0.15, 0.2) is 0 Å². The van der Waals surface area contributed by atoms with Crippen molar-refractivity contribution >= 4 is 17.3 Å². The lowest BCUT2D eigenvalue weighted by Crippen LogP contribution is -2.19. The molecule has 0 aliphatic rings. The third kappa shape index (κ3) is 4.04. The molecule has 0 saturated carbocycles. The lowest BCUT2D eigenvalue weighted by atomic mass is 10.1. The fourth-order valence-corrected chi connectivity index (χ4v) is 2.57. The smallest absolute Gasteiger partial charge is 0.339 e. The molecule has 2 heterocycles. The molecule has 0 unspecified atom stereocenters. The van der Waals surface area contributed by atoms with Crippen molar-refractivity contribution in [2.45, 2.75) is 6.42 Å². The summed E-state index contributed by atoms with van der Waals surface area (Å²) in [5.74, 6) is -0.905. The molecular formula is C15H14N2O3S. The molecule has 2 rings (SSSR count). The molecule has 0 aliphatic carbocycles. The second-order valence-electron chi connectivity index (χ2n) is 4.57. The molecule has 5 nitrogen and oxygen atoms in total. The highest BCUT2D eigenvalue weighted by Gasteiger charge is 2.14. The van der Waals surface area contributed by atoms with Crippen LogP contribution in [0.25, 0.3) is 0 Å². The molecule has 108 valence electrons. The summed E-state index contributed by atoms with van der Waals surface area (Å²) in [6.07, 6.45) is 1.99. The van der Waals surface area contributed by atoms with Crippen LogP contribution in [0.5, 0.6) is 0 Å². The first kappa shape index (κ1) is 15.0. The molecule has 21 heavy (non-hydrogen) atoms. The van der Waals surface area contributed by atoms with Gasteiger partial charge in [-0.1, -0.05) is 6.07 Å². The van der Waals surface area contributed by atoms with Gasteiger partial charge in [0, 0.05) is 30.6 Å². The van der Waals surface area contributed by atoms with E-state index in [1.165, 1.54) is 22.9 Å². The van der Waals surface area contributed by atoms with Crippen LogP contribution in [0.3, 0.4) is 0 Å². The molecule has 0 fully saturated rings. The van der Waals surface area contributed by atoms with E-state index in [-0.39, 0.29) is 18.1 Å². The second-order valence-corrected chi connectivity index (χ2v) is 5.61. The maximum atomic E-state index is 11.9. The van der Waals surface area contributed by atoms with Gasteiger partial charge < -0.3 is 9.30 Å². The predicted octanol–water partition coefficient (Wildman–Crippen LogP) is 1.99. The molecule has 0 aromatic carbocycles. The van der Waals surface area contributed by atoms with E-state index in [0.29, 0.717) is 12.0 Å². The minimum Gasteiger partial charge on any atom is -0.461 e. The Bertz CT molecular complexity index is 713. The molecule has 0 saturated heterocycles. The normalized spacial score (nSPS) is 11.6. The number of hydrogen-bond donors (Lipinski definition) is 0. The fourth-order valence-electron chi connectivity index (χ4n) is 1.79. The van der Waals surface area contributed by atoms with E-state index in [1.807, 2.05) is 17.5 Å². The molecule has 0 bridgehead atoms. The van der Waals surface area contributed by atoms with Crippen LogP contribution >= 0.6 is 11.3 Å². The maximum Gasteiger partial charge on any atom is 0.339 e. The van der Waals surface area contributed by atoms with E-state index in [2.05, 4.69) is 6.07 Å². The molecule has 0 radical (unpaired) electrons. The number of aromatic nitrogens is 1. The first-order valence-corrected chi connectivity index (χ1v) is 7.24. The first-order chi connectivity index (χ1) is 10.1. The number of ether oxygens (including phenoxy) is 1. The number of esters is 1. The summed E-state index contributed by atoms with van der Waals surface area (Å²) < 4.78 is 6.46. The van der Waals surface area contributed by atoms with Crippen LogP contribution in [-0.2, 0) is 18.2 Å². The maximum absolute atomic E-state index is 11.9. The zero-order valence-corrected chi connectivity index (χ0v) is 12.3.